The molecule has 0 aliphatic heterocycles. The zero-order valence-electron chi connectivity index (χ0n) is 16.0. The van der Waals surface area contributed by atoms with E-state index in [1.165, 1.54) is 25.3 Å². The average molecular weight is 413 g/mol. The van der Waals surface area contributed by atoms with Gasteiger partial charge in [0.05, 0.1) is 12.0 Å². The third kappa shape index (κ3) is 5.66. The van der Waals surface area contributed by atoms with E-state index in [0.717, 1.165) is 17.7 Å². The van der Waals surface area contributed by atoms with Crippen LogP contribution in [0.5, 0.6) is 0 Å². The van der Waals surface area contributed by atoms with Crippen molar-refractivity contribution in [3.05, 3.63) is 89.0 Å². The molecule has 2 aromatic carbocycles. The monoisotopic (exact) mass is 413 g/mol. The van der Waals surface area contributed by atoms with Crippen LogP contribution >= 0.6 is 0 Å². The summed E-state index contributed by atoms with van der Waals surface area (Å²) in [4.78, 5) is 30.7. The summed E-state index contributed by atoms with van der Waals surface area (Å²) >= 11 is 0. The molecule has 0 atom stereocenters. The zero-order chi connectivity index (χ0) is 21.7. The second-order valence-corrected chi connectivity index (χ2v) is 6.69. The number of nitrogens with one attached hydrogen (secondary N) is 2. The lowest BCUT2D eigenvalue weighted by molar-refractivity contribution is -0.137. The molecule has 0 spiro atoms. The highest BCUT2D eigenvalue weighted by Gasteiger charge is 2.31. The Labute approximate surface area is 170 Å². The van der Waals surface area contributed by atoms with E-state index in [9.17, 15) is 22.8 Å². The molecule has 2 N–H and O–H groups in total. The van der Waals surface area contributed by atoms with Crippen LogP contribution in [0.2, 0.25) is 0 Å². The van der Waals surface area contributed by atoms with Gasteiger partial charge in [0.2, 0.25) is 11.7 Å². The van der Waals surface area contributed by atoms with E-state index in [1.807, 2.05) is 0 Å². The summed E-state index contributed by atoms with van der Waals surface area (Å²) in [5, 5.41) is 2.51. The minimum atomic E-state index is -4.48. The summed E-state index contributed by atoms with van der Waals surface area (Å²) < 4.78 is 38.8. The van der Waals surface area contributed by atoms with Gasteiger partial charge >= 0.3 is 6.18 Å². The number of allylic oxidation sites excluding steroid dienone is 1. The number of nitrogens with zero attached hydrogens (tertiary/aromatic N) is 1. The number of halogens is 3. The SMILES string of the molecule is Cc1cc(NC(=O)Cc2ccc(/C=C/C(=O)c3ncc[nH]3)cc2)cc(C(F)(F)F)c1. The standard InChI is InChI=1S/C22H18F3N3O2/c1-14-10-17(22(23,24)25)13-18(11-14)28-20(30)12-16-4-2-15(3-5-16)6-7-19(29)21-26-8-9-27-21/h2-11,13H,12H2,1H3,(H,26,27)(H,28,30)/b7-6+. The highest BCUT2D eigenvalue weighted by molar-refractivity contribution is 6.04. The number of benzene rings is 2. The number of carbonyl (C=O) groups is 2. The van der Waals surface area contributed by atoms with Crippen molar-refractivity contribution in [3.63, 3.8) is 0 Å². The summed E-state index contributed by atoms with van der Waals surface area (Å²) in [5.41, 5.74) is 1.14. The Bertz CT molecular complexity index is 1070. The first-order valence-corrected chi connectivity index (χ1v) is 9.00. The maximum absolute atomic E-state index is 12.9. The number of hydrogen-bond acceptors (Lipinski definition) is 3. The second kappa shape index (κ2) is 8.77. The first kappa shape index (κ1) is 21.0. The van der Waals surface area contributed by atoms with Crippen LogP contribution in [0.3, 0.4) is 0 Å². The van der Waals surface area contributed by atoms with E-state index >= 15 is 0 Å². The summed E-state index contributed by atoms with van der Waals surface area (Å²) in [7, 11) is 0. The van der Waals surface area contributed by atoms with E-state index in [0.29, 0.717) is 11.1 Å². The van der Waals surface area contributed by atoms with Crippen molar-refractivity contribution in [2.45, 2.75) is 19.5 Å². The van der Waals surface area contributed by atoms with E-state index < -0.39 is 17.6 Å². The van der Waals surface area contributed by atoms with Gasteiger partial charge in [-0.3, -0.25) is 9.59 Å². The molecule has 5 nitrogen and oxygen atoms in total. The van der Waals surface area contributed by atoms with Crippen LogP contribution in [0.25, 0.3) is 6.08 Å². The highest BCUT2D eigenvalue weighted by Crippen LogP contribution is 2.31. The lowest BCUT2D eigenvalue weighted by Crippen LogP contribution is -2.15. The predicted octanol–water partition coefficient (Wildman–Crippen LogP) is 4.81. The number of amides is 1. The number of H-pyrrole nitrogens is 1. The van der Waals surface area contributed by atoms with Crippen molar-refractivity contribution in [1.82, 2.24) is 9.97 Å². The van der Waals surface area contributed by atoms with Crippen LogP contribution in [0.15, 0.2) is 60.9 Å². The zero-order valence-corrected chi connectivity index (χ0v) is 16.0. The Balaban J connectivity index is 1.61. The van der Waals surface area contributed by atoms with Crippen LogP contribution in [-0.2, 0) is 17.4 Å². The Morgan fingerprint density at radius 1 is 1.13 bits per heavy atom. The molecule has 3 rings (SSSR count). The van der Waals surface area contributed by atoms with E-state index in [-0.39, 0.29) is 23.7 Å². The predicted molar refractivity (Wildman–Crippen MR) is 107 cm³/mol. The maximum atomic E-state index is 12.9. The molecule has 1 aromatic heterocycles. The number of imidazole rings is 1. The molecule has 3 aromatic rings. The summed E-state index contributed by atoms with van der Waals surface area (Å²) in [6.07, 6.45) is 1.58. The maximum Gasteiger partial charge on any atom is 0.416 e. The van der Waals surface area contributed by atoms with Crippen molar-refractivity contribution < 1.29 is 22.8 Å². The van der Waals surface area contributed by atoms with Crippen LogP contribution < -0.4 is 5.32 Å². The van der Waals surface area contributed by atoms with Crippen molar-refractivity contribution in [3.8, 4) is 0 Å². The van der Waals surface area contributed by atoms with Crippen LogP contribution in [-0.4, -0.2) is 21.7 Å². The minimum Gasteiger partial charge on any atom is -0.342 e. The van der Waals surface area contributed by atoms with Gasteiger partial charge in [0, 0.05) is 18.1 Å². The number of anilines is 1. The number of aromatic amines is 1. The molecule has 8 heteroatoms. The third-order valence-corrected chi connectivity index (χ3v) is 4.19. The molecule has 154 valence electrons. The van der Waals surface area contributed by atoms with Gasteiger partial charge in [-0.1, -0.05) is 30.3 Å². The van der Waals surface area contributed by atoms with Crippen molar-refractivity contribution in [2.24, 2.45) is 0 Å². The van der Waals surface area contributed by atoms with Gasteiger partial charge in [-0.05, 0) is 47.9 Å². The normalized spacial score (nSPS) is 11.6. The number of rotatable bonds is 6. The lowest BCUT2D eigenvalue weighted by atomic mass is 10.1. The van der Waals surface area contributed by atoms with Crippen molar-refractivity contribution in [2.75, 3.05) is 5.32 Å². The number of ketones is 1. The molecular formula is C22H18F3N3O2. The van der Waals surface area contributed by atoms with Gasteiger partial charge in [-0.2, -0.15) is 13.2 Å². The Hall–Kier alpha value is -3.68. The Morgan fingerprint density at radius 3 is 2.50 bits per heavy atom. The molecule has 0 aliphatic rings. The minimum absolute atomic E-state index is 0.00458. The summed E-state index contributed by atoms with van der Waals surface area (Å²) in [5.74, 6) is -0.450. The molecule has 0 saturated carbocycles. The molecule has 0 aliphatic carbocycles. The number of carbonyl (C=O) groups excluding carboxylic acids is 2. The molecule has 0 saturated heterocycles. The summed E-state index contributed by atoms with van der Waals surface area (Å²) in [6.45, 7) is 1.54. The smallest absolute Gasteiger partial charge is 0.342 e. The molecular weight excluding hydrogens is 395 g/mol. The van der Waals surface area contributed by atoms with E-state index in [4.69, 9.17) is 0 Å². The highest BCUT2D eigenvalue weighted by atomic mass is 19.4. The second-order valence-electron chi connectivity index (χ2n) is 6.69. The fourth-order valence-electron chi connectivity index (χ4n) is 2.81. The van der Waals surface area contributed by atoms with Gasteiger partial charge in [0.1, 0.15) is 0 Å². The Morgan fingerprint density at radius 2 is 1.87 bits per heavy atom. The van der Waals surface area contributed by atoms with Gasteiger partial charge in [-0.15, -0.1) is 0 Å². The van der Waals surface area contributed by atoms with Gasteiger partial charge in [0.15, 0.2) is 5.82 Å². The van der Waals surface area contributed by atoms with Gasteiger partial charge in [-0.25, -0.2) is 4.98 Å². The lowest BCUT2D eigenvalue weighted by Gasteiger charge is -2.11. The topological polar surface area (TPSA) is 74.8 Å². The fraction of sp³-hybridized carbons (Fsp3) is 0.136. The molecule has 0 radical (unpaired) electrons. The Kier molecular flexibility index (Phi) is 6.15. The third-order valence-electron chi connectivity index (χ3n) is 4.19. The van der Waals surface area contributed by atoms with Crippen molar-refractivity contribution in [1.29, 1.82) is 0 Å². The van der Waals surface area contributed by atoms with Gasteiger partial charge < -0.3 is 10.3 Å². The number of alkyl halides is 3. The molecule has 1 amide bonds. The molecule has 0 unspecified atom stereocenters. The van der Waals surface area contributed by atoms with Crippen LogP contribution in [0.1, 0.15) is 32.9 Å². The van der Waals surface area contributed by atoms with E-state index in [2.05, 4.69) is 15.3 Å². The molecule has 0 fully saturated rings. The molecule has 1 heterocycles. The average Bonchev–Trinajstić information content (AvgIpc) is 3.21. The summed E-state index contributed by atoms with van der Waals surface area (Å²) in [6, 6.07) is 10.3. The van der Waals surface area contributed by atoms with Gasteiger partial charge in [0.25, 0.3) is 0 Å². The molecule has 30 heavy (non-hydrogen) atoms. The van der Waals surface area contributed by atoms with Crippen LogP contribution in [0, 0.1) is 6.92 Å². The van der Waals surface area contributed by atoms with Crippen molar-refractivity contribution >= 4 is 23.5 Å². The molecule has 0 bridgehead atoms. The number of aryl methyl sites for hydroxylation is 1. The largest absolute Gasteiger partial charge is 0.416 e. The fourth-order valence-corrected chi connectivity index (χ4v) is 2.81. The first-order chi connectivity index (χ1) is 14.2. The van der Waals surface area contributed by atoms with Crippen LogP contribution in [0.4, 0.5) is 18.9 Å². The van der Waals surface area contributed by atoms with E-state index in [1.54, 1.807) is 36.5 Å². The number of aromatic nitrogens is 2. The number of hydrogen-bond donors (Lipinski definition) is 2. The first-order valence-electron chi connectivity index (χ1n) is 9.00. The quantitative estimate of drug-likeness (QED) is 0.450.